The van der Waals surface area contributed by atoms with Crippen molar-refractivity contribution in [3.8, 4) is 0 Å². The lowest BCUT2D eigenvalue weighted by atomic mass is 9.88. The number of hydrogen-bond donors (Lipinski definition) is 2. The summed E-state index contributed by atoms with van der Waals surface area (Å²) in [5, 5.41) is 3.25. The molecule has 0 radical (unpaired) electrons. The second-order valence-electron chi connectivity index (χ2n) is 5.13. The van der Waals surface area contributed by atoms with Crippen molar-refractivity contribution in [3.63, 3.8) is 0 Å². The van der Waals surface area contributed by atoms with Crippen molar-refractivity contribution in [2.75, 3.05) is 11.9 Å². The van der Waals surface area contributed by atoms with Gasteiger partial charge in [-0.25, -0.2) is 9.97 Å². The van der Waals surface area contributed by atoms with Crippen LogP contribution in [0.3, 0.4) is 0 Å². The molecule has 0 bridgehead atoms. The van der Waals surface area contributed by atoms with Crippen LogP contribution in [-0.4, -0.2) is 22.6 Å². The van der Waals surface area contributed by atoms with Gasteiger partial charge >= 0.3 is 0 Å². The summed E-state index contributed by atoms with van der Waals surface area (Å²) in [6.45, 7) is 7.33. The van der Waals surface area contributed by atoms with E-state index in [4.69, 9.17) is 5.73 Å². The summed E-state index contributed by atoms with van der Waals surface area (Å²) in [6, 6.07) is 0.144. The minimum absolute atomic E-state index is 0.144. The Bertz CT molecular complexity index is 335. The third-order valence-corrected chi connectivity index (χ3v) is 2.86. The lowest BCUT2D eigenvalue weighted by molar-refractivity contribution is 0.344. The first-order chi connectivity index (χ1) is 7.38. The number of nitrogens with zero attached hydrogens (tertiary/aromatic N) is 2. The number of nitrogens with one attached hydrogen (secondary N) is 1. The molecule has 0 aliphatic rings. The van der Waals surface area contributed by atoms with E-state index < -0.39 is 0 Å². The van der Waals surface area contributed by atoms with Crippen molar-refractivity contribution in [2.45, 2.75) is 33.2 Å². The Hall–Kier alpha value is -0.430. The molecule has 1 heterocycles. The van der Waals surface area contributed by atoms with Crippen molar-refractivity contribution in [3.05, 3.63) is 16.1 Å². The molecule has 1 rings (SSSR count). The summed E-state index contributed by atoms with van der Waals surface area (Å²) in [6.07, 6.45) is 4.31. The summed E-state index contributed by atoms with van der Waals surface area (Å²) in [5.41, 5.74) is 6.31. The number of anilines is 1. The summed E-state index contributed by atoms with van der Waals surface area (Å²) in [5.74, 6) is 0.861. The van der Waals surface area contributed by atoms with Crippen LogP contribution in [0.25, 0.3) is 0 Å². The van der Waals surface area contributed by atoms with Crippen molar-refractivity contribution in [1.29, 1.82) is 0 Å². The molecule has 1 aromatic rings. The normalized spacial score (nSPS) is 13.6. The highest BCUT2D eigenvalue weighted by atomic mass is 127. The molecule has 0 aromatic carbocycles. The van der Waals surface area contributed by atoms with Gasteiger partial charge in [0.2, 0.25) is 0 Å². The summed E-state index contributed by atoms with van der Waals surface area (Å²) in [4.78, 5) is 8.10. The van der Waals surface area contributed by atoms with Crippen LogP contribution in [0.2, 0.25) is 0 Å². The number of rotatable bonds is 4. The van der Waals surface area contributed by atoms with Crippen LogP contribution in [0.15, 0.2) is 12.5 Å². The predicted molar refractivity (Wildman–Crippen MR) is 75.3 cm³/mol. The summed E-state index contributed by atoms with van der Waals surface area (Å²) >= 11 is 2.21. The Morgan fingerprint density at radius 1 is 1.50 bits per heavy atom. The van der Waals surface area contributed by atoms with Crippen molar-refractivity contribution in [1.82, 2.24) is 9.97 Å². The van der Waals surface area contributed by atoms with E-state index in [2.05, 4.69) is 58.6 Å². The van der Waals surface area contributed by atoms with Gasteiger partial charge in [0.25, 0.3) is 0 Å². The molecule has 0 saturated heterocycles. The monoisotopic (exact) mass is 334 g/mol. The van der Waals surface area contributed by atoms with Crippen molar-refractivity contribution >= 4 is 28.4 Å². The van der Waals surface area contributed by atoms with E-state index in [1.165, 1.54) is 0 Å². The Morgan fingerprint density at radius 3 is 2.75 bits per heavy atom. The lowest BCUT2D eigenvalue weighted by Gasteiger charge is -2.23. The zero-order valence-corrected chi connectivity index (χ0v) is 12.2. The van der Waals surface area contributed by atoms with E-state index in [1.54, 1.807) is 12.5 Å². The topological polar surface area (TPSA) is 63.8 Å². The Morgan fingerprint density at radius 2 is 2.19 bits per heavy atom. The first kappa shape index (κ1) is 13.6. The average Bonchev–Trinajstić information content (AvgIpc) is 2.14. The van der Waals surface area contributed by atoms with Gasteiger partial charge in [0, 0.05) is 18.8 Å². The molecule has 0 amide bonds. The maximum absolute atomic E-state index is 6.05. The van der Waals surface area contributed by atoms with E-state index in [0.29, 0.717) is 0 Å². The van der Waals surface area contributed by atoms with E-state index in [9.17, 15) is 0 Å². The second-order valence-corrected chi connectivity index (χ2v) is 6.29. The van der Waals surface area contributed by atoms with Gasteiger partial charge in [0.1, 0.15) is 12.1 Å². The van der Waals surface area contributed by atoms with Gasteiger partial charge in [-0.05, 0) is 34.4 Å². The Balaban J connectivity index is 2.43. The van der Waals surface area contributed by atoms with Gasteiger partial charge in [-0.2, -0.15) is 0 Å². The molecule has 0 fully saturated rings. The fourth-order valence-electron chi connectivity index (χ4n) is 1.53. The molecular formula is C11H19IN4. The molecule has 3 N–H and O–H groups in total. The van der Waals surface area contributed by atoms with Crippen LogP contribution >= 0.6 is 22.6 Å². The standard InChI is InChI=1S/C11H19IN4/c1-11(2,3)4-8(13)5-15-10-9(12)6-14-7-16-10/h6-8H,4-5,13H2,1-3H3,(H,14,15,16). The molecule has 90 valence electrons. The first-order valence-corrected chi connectivity index (χ1v) is 6.41. The van der Waals surface area contributed by atoms with Gasteiger partial charge in [-0.3, -0.25) is 0 Å². The highest BCUT2D eigenvalue weighted by Gasteiger charge is 2.15. The Kier molecular flexibility index (Phi) is 4.91. The van der Waals surface area contributed by atoms with E-state index >= 15 is 0 Å². The molecule has 0 saturated carbocycles. The quantitative estimate of drug-likeness (QED) is 0.829. The zero-order chi connectivity index (χ0) is 12.2. The van der Waals surface area contributed by atoms with Crippen LogP contribution in [0.4, 0.5) is 5.82 Å². The number of aromatic nitrogens is 2. The van der Waals surface area contributed by atoms with Crippen LogP contribution in [0.1, 0.15) is 27.2 Å². The molecule has 0 aliphatic carbocycles. The SMILES string of the molecule is CC(C)(C)CC(N)CNc1ncncc1I. The van der Waals surface area contributed by atoms with Crippen LogP contribution < -0.4 is 11.1 Å². The van der Waals surface area contributed by atoms with Crippen LogP contribution in [0.5, 0.6) is 0 Å². The van der Waals surface area contributed by atoms with Crippen molar-refractivity contribution in [2.24, 2.45) is 11.1 Å². The molecule has 0 spiro atoms. The fraction of sp³-hybridized carbons (Fsp3) is 0.636. The minimum atomic E-state index is 0.144. The summed E-state index contributed by atoms with van der Waals surface area (Å²) in [7, 11) is 0. The summed E-state index contributed by atoms with van der Waals surface area (Å²) < 4.78 is 1.02. The molecule has 1 unspecified atom stereocenters. The highest BCUT2D eigenvalue weighted by Crippen LogP contribution is 2.20. The molecule has 1 atom stereocenters. The molecule has 16 heavy (non-hydrogen) atoms. The zero-order valence-electron chi connectivity index (χ0n) is 10.00. The molecule has 4 nitrogen and oxygen atoms in total. The molecular weight excluding hydrogens is 315 g/mol. The number of halogens is 1. The largest absolute Gasteiger partial charge is 0.368 e. The Labute approximate surface area is 111 Å². The number of hydrogen-bond acceptors (Lipinski definition) is 4. The van der Waals surface area contributed by atoms with E-state index in [-0.39, 0.29) is 11.5 Å². The molecule has 1 aromatic heterocycles. The molecule has 5 heteroatoms. The van der Waals surface area contributed by atoms with Gasteiger partial charge in [0.15, 0.2) is 0 Å². The number of nitrogens with two attached hydrogens (primary N) is 1. The van der Waals surface area contributed by atoms with Crippen LogP contribution in [0, 0.1) is 8.99 Å². The maximum atomic E-state index is 6.05. The fourth-order valence-corrected chi connectivity index (χ4v) is 2.02. The average molecular weight is 334 g/mol. The minimum Gasteiger partial charge on any atom is -0.368 e. The van der Waals surface area contributed by atoms with E-state index in [1.807, 2.05) is 0 Å². The van der Waals surface area contributed by atoms with Crippen LogP contribution in [-0.2, 0) is 0 Å². The third kappa shape index (κ3) is 5.07. The van der Waals surface area contributed by atoms with Gasteiger partial charge in [-0.1, -0.05) is 20.8 Å². The van der Waals surface area contributed by atoms with Gasteiger partial charge in [-0.15, -0.1) is 0 Å². The highest BCUT2D eigenvalue weighted by molar-refractivity contribution is 14.1. The first-order valence-electron chi connectivity index (χ1n) is 5.33. The molecule has 0 aliphatic heterocycles. The maximum Gasteiger partial charge on any atom is 0.142 e. The smallest absolute Gasteiger partial charge is 0.142 e. The second kappa shape index (κ2) is 5.77. The third-order valence-electron chi connectivity index (χ3n) is 2.07. The van der Waals surface area contributed by atoms with Crippen molar-refractivity contribution < 1.29 is 0 Å². The predicted octanol–water partition coefficient (Wildman–Crippen LogP) is 2.26. The lowest BCUT2D eigenvalue weighted by Crippen LogP contribution is -2.33. The van der Waals surface area contributed by atoms with Gasteiger partial charge in [0.05, 0.1) is 3.57 Å². The van der Waals surface area contributed by atoms with E-state index in [0.717, 1.165) is 22.4 Å². The van der Waals surface area contributed by atoms with Gasteiger partial charge < -0.3 is 11.1 Å².